The molecule has 0 unspecified atom stereocenters. The number of nitrogens with one attached hydrogen (secondary N) is 1. The van der Waals surface area contributed by atoms with Crippen molar-refractivity contribution in [1.82, 2.24) is 15.1 Å². The van der Waals surface area contributed by atoms with E-state index in [-0.39, 0.29) is 0 Å². The van der Waals surface area contributed by atoms with E-state index in [1.165, 1.54) is 12.8 Å². The molecule has 0 aliphatic heterocycles. The van der Waals surface area contributed by atoms with Gasteiger partial charge < -0.3 is 0 Å². The average molecular weight is 136 g/mol. The molecule has 1 aliphatic rings. The van der Waals surface area contributed by atoms with E-state index in [1.54, 1.807) is 6.20 Å². The van der Waals surface area contributed by atoms with Gasteiger partial charge in [0.2, 0.25) is 0 Å². The summed E-state index contributed by atoms with van der Waals surface area (Å²) in [6.07, 6.45) is 6.17. The molecule has 0 saturated heterocycles. The Morgan fingerprint density at radius 1 is 1.70 bits per heavy atom. The molecule has 0 atom stereocenters. The van der Waals surface area contributed by atoms with Crippen LogP contribution >= 0.6 is 0 Å². The molecule has 0 spiro atoms. The van der Waals surface area contributed by atoms with Crippen LogP contribution in [0.15, 0.2) is 12.4 Å². The predicted molar refractivity (Wildman–Crippen MR) is 37.2 cm³/mol. The highest BCUT2D eigenvalue weighted by Crippen LogP contribution is 2.18. The van der Waals surface area contributed by atoms with E-state index < -0.39 is 0 Å². The fraction of sp³-hybridized carbons (Fsp3) is 0.571. The molecule has 2 rings (SSSR count). The molecule has 1 heterocycles. The van der Waals surface area contributed by atoms with Crippen LogP contribution in [0.1, 0.15) is 12.8 Å². The highest BCUT2D eigenvalue weighted by molar-refractivity contribution is 4.80. The first-order valence-corrected chi connectivity index (χ1v) is 3.57. The molecule has 1 aliphatic carbocycles. The van der Waals surface area contributed by atoms with Crippen molar-refractivity contribution in [3.8, 4) is 0 Å². The summed E-state index contributed by atoms with van der Waals surface area (Å²) in [5, 5.41) is 7.35. The Hall–Kier alpha value is -0.830. The lowest BCUT2D eigenvalue weighted by atomic mass is 10.7. The third-order valence-electron chi connectivity index (χ3n) is 1.62. The largest absolute Gasteiger partial charge is 0.295 e. The first-order chi connectivity index (χ1) is 4.95. The molecule has 0 amide bonds. The van der Waals surface area contributed by atoms with Crippen molar-refractivity contribution >= 4 is 0 Å². The summed E-state index contributed by atoms with van der Waals surface area (Å²) in [6, 6.07) is 3.64. The smallest absolute Gasteiger partial charge is 0.0906 e. The van der Waals surface area contributed by atoms with Gasteiger partial charge in [0.25, 0.3) is 0 Å². The Labute approximate surface area is 60.0 Å². The Bertz CT molecular complexity index is 189. The molecule has 1 aromatic heterocycles. The topological polar surface area (TPSA) is 29.9 Å². The second-order valence-corrected chi connectivity index (χ2v) is 2.62. The number of hydrogen-bond donors (Lipinski definition) is 1. The first kappa shape index (κ1) is 5.92. The summed E-state index contributed by atoms with van der Waals surface area (Å²) in [4.78, 5) is 0. The maximum absolute atomic E-state index is 4.01. The molecule has 1 aromatic rings. The molecule has 1 radical (unpaired) electrons. The highest BCUT2D eigenvalue weighted by Gasteiger charge is 2.19. The van der Waals surface area contributed by atoms with E-state index in [0.717, 1.165) is 12.7 Å². The Balaban J connectivity index is 1.79. The van der Waals surface area contributed by atoms with E-state index in [0.29, 0.717) is 0 Å². The maximum atomic E-state index is 4.01. The molecular formula is C7H10N3. The van der Waals surface area contributed by atoms with Crippen molar-refractivity contribution < 1.29 is 0 Å². The molecule has 0 aromatic carbocycles. The zero-order chi connectivity index (χ0) is 6.81. The van der Waals surface area contributed by atoms with Crippen molar-refractivity contribution in [1.29, 1.82) is 0 Å². The highest BCUT2D eigenvalue weighted by atomic mass is 15.3. The van der Waals surface area contributed by atoms with Crippen LogP contribution in [0.3, 0.4) is 0 Å². The minimum absolute atomic E-state index is 0.754. The first-order valence-electron chi connectivity index (χ1n) is 3.57. The fourth-order valence-corrected chi connectivity index (χ4v) is 0.857. The monoisotopic (exact) mass is 136 g/mol. The third-order valence-corrected chi connectivity index (χ3v) is 1.62. The third kappa shape index (κ3) is 1.36. The van der Waals surface area contributed by atoms with Crippen molar-refractivity contribution in [3.63, 3.8) is 0 Å². The van der Waals surface area contributed by atoms with Crippen molar-refractivity contribution in [2.75, 3.05) is 0 Å². The van der Waals surface area contributed by atoms with Crippen LogP contribution in [0.2, 0.25) is 0 Å². The number of aromatic nitrogens is 2. The summed E-state index contributed by atoms with van der Waals surface area (Å²) in [7, 11) is 0. The van der Waals surface area contributed by atoms with E-state index in [1.807, 2.05) is 10.9 Å². The van der Waals surface area contributed by atoms with Gasteiger partial charge in [-0.3, -0.25) is 10.00 Å². The Kier molecular flexibility index (Phi) is 1.43. The van der Waals surface area contributed by atoms with Gasteiger partial charge in [-0.1, -0.05) is 0 Å². The normalized spacial score (nSPS) is 17.6. The van der Waals surface area contributed by atoms with Crippen LogP contribution in [0.25, 0.3) is 0 Å². The Morgan fingerprint density at radius 3 is 3.20 bits per heavy atom. The standard InChI is InChI=1S/C7H10N3/c1-4-9-10(5-1)6-8-7-2-3-7/h4-5,7-8H,2-3,6H2. The minimum atomic E-state index is 0.754. The summed E-state index contributed by atoms with van der Waals surface area (Å²) in [5.41, 5.74) is 0. The molecule has 1 saturated carbocycles. The van der Waals surface area contributed by atoms with E-state index in [4.69, 9.17) is 0 Å². The van der Waals surface area contributed by atoms with E-state index >= 15 is 0 Å². The van der Waals surface area contributed by atoms with Gasteiger partial charge in [-0.2, -0.15) is 5.10 Å². The van der Waals surface area contributed by atoms with Gasteiger partial charge in [0.1, 0.15) is 0 Å². The molecule has 3 heteroatoms. The molecule has 0 bridgehead atoms. The molecule has 10 heavy (non-hydrogen) atoms. The summed E-state index contributed by atoms with van der Waals surface area (Å²) >= 11 is 0. The summed E-state index contributed by atoms with van der Waals surface area (Å²) in [6.45, 7) is 0.828. The van der Waals surface area contributed by atoms with Crippen LogP contribution in [-0.2, 0) is 6.67 Å². The van der Waals surface area contributed by atoms with Gasteiger partial charge in [-0.05, 0) is 12.8 Å². The lowest BCUT2D eigenvalue weighted by Crippen LogP contribution is -2.20. The van der Waals surface area contributed by atoms with Crippen molar-refractivity contribution in [2.45, 2.75) is 25.6 Å². The molecule has 1 N–H and O–H groups in total. The van der Waals surface area contributed by atoms with Crippen LogP contribution in [0, 0.1) is 6.07 Å². The zero-order valence-electron chi connectivity index (χ0n) is 5.75. The molecule has 3 nitrogen and oxygen atoms in total. The van der Waals surface area contributed by atoms with Gasteiger partial charge in [0, 0.05) is 18.3 Å². The molecule has 53 valence electrons. The van der Waals surface area contributed by atoms with Gasteiger partial charge in [0.05, 0.1) is 12.9 Å². The molecule has 1 fully saturated rings. The lowest BCUT2D eigenvalue weighted by molar-refractivity contribution is 0.509. The number of nitrogens with zero attached hydrogens (tertiary/aromatic N) is 2. The van der Waals surface area contributed by atoms with Gasteiger partial charge in [0.15, 0.2) is 0 Å². The zero-order valence-corrected chi connectivity index (χ0v) is 5.75. The van der Waals surface area contributed by atoms with Crippen molar-refractivity contribution in [2.24, 2.45) is 0 Å². The fourth-order valence-electron chi connectivity index (χ4n) is 0.857. The molecular weight excluding hydrogens is 126 g/mol. The van der Waals surface area contributed by atoms with Crippen molar-refractivity contribution in [3.05, 3.63) is 18.5 Å². The number of rotatable bonds is 3. The maximum Gasteiger partial charge on any atom is 0.0906 e. The Morgan fingerprint density at radius 2 is 2.60 bits per heavy atom. The van der Waals surface area contributed by atoms with Gasteiger partial charge in [-0.25, -0.2) is 0 Å². The van der Waals surface area contributed by atoms with Crippen LogP contribution in [-0.4, -0.2) is 15.8 Å². The SMILES string of the molecule is [c]1cnn(CNC2CC2)c1. The van der Waals surface area contributed by atoms with Crippen LogP contribution in [0.5, 0.6) is 0 Å². The lowest BCUT2D eigenvalue weighted by Gasteiger charge is -2.00. The van der Waals surface area contributed by atoms with Gasteiger partial charge in [-0.15, -0.1) is 0 Å². The summed E-state index contributed by atoms with van der Waals surface area (Å²) in [5.74, 6) is 0. The van der Waals surface area contributed by atoms with Gasteiger partial charge >= 0.3 is 0 Å². The predicted octanol–water partition coefficient (Wildman–Crippen LogP) is 0.393. The second-order valence-electron chi connectivity index (χ2n) is 2.62. The second kappa shape index (κ2) is 2.42. The quantitative estimate of drug-likeness (QED) is 0.651. The number of hydrogen-bond acceptors (Lipinski definition) is 2. The average Bonchev–Trinajstić information content (AvgIpc) is 2.63. The van der Waals surface area contributed by atoms with E-state index in [2.05, 4.69) is 16.5 Å². The van der Waals surface area contributed by atoms with Crippen LogP contribution < -0.4 is 5.32 Å². The minimum Gasteiger partial charge on any atom is -0.295 e. The summed E-state index contributed by atoms with van der Waals surface area (Å²) < 4.78 is 1.85. The van der Waals surface area contributed by atoms with Crippen LogP contribution in [0.4, 0.5) is 0 Å². The van der Waals surface area contributed by atoms with E-state index in [9.17, 15) is 0 Å².